The van der Waals surface area contributed by atoms with E-state index in [-0.39, 0.29) is 11.9 Å². The summed E-state index contributed by atoms with van der Waals surface area (Å²) in [5.41, 5.74) is 5.40. The van der Waals surface area contributed by atoms with Crippen molar-refractivity contribution in [2.45, 2.75) is 45.6 Å². The molecule has 0 rings (SSSR count). The van der Waals surface area contributed by atoms with Crippen LogP contribution in [0.4, 0.5) is 0 Å². The van der Waals surface area contributed by atoms with Crippen LogP contribution in [-0.2, 0) is 4.79 Å². The molecule has 1 amide bonds. The number of nitrogens with one attached hydrogen (secondary N) is 1. The first-order valence-corrected chi connectivity index (χ1v) is 5.08. The molecule has 0 aliphatic rings. The van der Waals surface area contributed by atoms with Crippen LogP contribution in [0.3, 0.4) is 0 Å². The number of hydrogen-bond acceptors (Lipinski definition) is 2. The lowest BCUT2D eigenvalue weighted by molar-refractivity contribution is -0.121. The lowest BCUT2D eigenvalue weighted by Crippen LogP contribution is -2.36. The van der Waals surface area contributed by atoms with Crippen molar-refractivity contribution < 1.29 is 4.79 Å². The van der Waals surface area contributed by atoms with E-state index in [4.69, 9.17) is 18.0 Å². The fraction of sp³-hybridized carbons (Fsp3) is 0.778. The van der Waals surface area contributed by atoms with Gasteiger partial charge in [0.25, 0.3) is 0 Å². The summed E-state index contributed by atoms with van der Waals surface area (Å²) in [6.45, 7) is 3.99. The van der Waals surface area contributed by atoms with Crippen molar-refractivity contribution in [1.82, 2.24) is 5.32 Å². The van der Waals surface area contributed by atoms with Crippen molar-refractivity contribution in [1.29, 1.82) is 0 Å². The lowest BCUT2D eigenvalue weighted by atomic mass is 10.1. The van der Waals surface area contributed by atoms with Crippen LogP contribution >= 0.6 is 12.2 Å². The maximum Gasteiger partial charge on any atom is 0.220 e. The van der Waals surface area contributed by atoms with E-state index in [1.807, 2.05) is 13.8 Å². The van der Waals surface area contributed by atoms with Crippen molar-refractivity contribution in [2.75, 3.05) is 0 Å². The zero-order valence-electron chi connectivity index (χ0n) is 8.30. The minimum Gasteiger partial charge on any atom is -0.393 e. The third-order valence-electron chi connectivity index (χ3n) is 1.78. The fourth-order valence-corrected chi connectivity index (χ4v) is 1.27. The molecule has 0 aromatic heterocycles. The van der Waals surface area contributed by atoms with Gasteiger partial charge in [-0.05, 0) is 12.8 Å². The van der Waals surface area contributed by atoms with Crippen LogP contribution in [-0.4, -0.2) is 16.9 Å². The summed E-state index contributed by atoms with van der Waals surface area (Å²) < 4.78 is 0. The molecule has 0 bridgehead atoms. The zero-order chi connectivity index (χ0) is 10.3. The summed E-state index contributed by atoms with van der Waals surface area (Å²) in [6.07, 6.45) is 2.91. The molecule has 1 atom stereocenters. The smallest absolute Gasteiger partial charge is 0.220 e. The summed E-state index contributed by atoms with van der Waals surface area (Å²) in [4.78, 5) is 11.7. The first-order valence-electron chi connectivity index (χ1n) is 4.67. The van der Waals surface area contributed by atoms with Gasteiger partial charge in [0.1, 0.15) is 0 Å². The molecule has 76 valence electrons. The maximum absolute atomic E-state index is 11.2. The Bertz CT molecular complexity index is 182. The average Bonchev–Trinajstić information content (AvgIpc) is 2.02. The lowest BCUT2D eigenvalue weighted by Gasteiger charge is -2.15. The van der Waals surface area contributed by atoms with Crippen LogP contribution in [0.25, 0.3) is 0 Å². The Kier molecular flexibility index (Phi) is 6.49. The number of carbonyl (C=O) groups is 1. The van der Waals surface area contributed by atoms with Gasteiger partial charge in [0.2, 0.25) is 5.91 Å². The molecule has 0 aliphatic heterocycles. The molecular formula is C9H18N2OS. The van der Waals surface area contributed by atoms with E-state index < -0.39 is 0 Å². The van der Waals surface area contributed by atoms with Crippen molar-refractivity contribution in [3.63, 3.8) is 0 Å². The van der Waals surface area contributed by atoms with Gasteiger partial charge in [-0.15, -0.1) is 0 Å². The number of thiocarbonyl (C=S) groups is 1. The average molecular weight is 202 g/mol. The van der Waals surface area contributed by atoms with Gasteiger partial charge in [-0.3, -0.25) is 4.79 Å². The molecular weight excluding hydrogens is 184 g/mol. The SMILES string of the molecule is CCCC(=O)NC(CC)CC(N)=S. The van der Waals surface area contributed by atoms with E-state index >= 15 is 0 Å². The molecule has 0 heterocycles. The Labute approximate surface area is 85.1 Å². The maximum atomic E-state index is 11.2. The predicted molar refractivity (Wildman–Crippen MR) is 58.5 cm³/mol. The summed E-state index contributed by atoms with van der Waals surface area (Å²) in [5.74, 6) is 0.0885. The van der Waals surface area contributed by atoms with E-state index in [0.29, 0.717) is 17.8 Å². The Hall–Kier alpha value is -0.640. The first-order chi connectivity index (χ1) is 6.10. The Morgan fingerprint density at radius 1 is 1.54 bits per heavy atom. The van der Waals surface area contributed by atoms with E-state index in [2.05, 4.69) is 5.32 Å². The Morgan fingerprint density at radius 3 is 2.54 bits per heavy atom. The highest BCUT2D eigenvalue weighted by atomic mass is 32.1. The fourth-order valence-electron chi connectivity index (χ4n) is 1.07. The van der Waals surface area contributed by atoms with Gasteiger partial charge in [0.05, 0.1) is 4.99 Å². The standard InChI is InChI=1S/C9H18N2OS/c1-3-5-9(12)11-7(4-2)6-8(10)13/h7H,3-6H2,1-2H3,(H2,10,13)(H,11,12). The number of carbonyl (C=O) groups excluding carboxylic acids is 1. The summed E-state index contributed by atoms with van der Waals surface area (Å²) >= 11 is 4.78. The summed E-state index contributed by atoms with van der Waals surface area (Å²) in [7, 11) is 0. The van der Waals surface area contributed by atoms with E-state index in [0.717, 1.165) is 12.8 Å². The molecule has 13 heavy (non-hydrogen) atoms. The summed E-state index contributed by atoms with van der Waals surface area (Å²) in [5, 5.41) is 2.89. The quantitative estimate of drug-likeness (QED) is 0.639. The molecule has 0 saturated heterocycles. The van der Waals surface area contributed by atoms with Crippen LogP contribution < -0.4 is 11.1 Å². The third-order valence-corrected chi connectivity index (χ3v) is 1.95. The Morgan fingerprint density at radius 2 is 2.15 bits per heavy atom. The highest BCUT2D eigenvalue weighted by molar-refractivity contribution is 7.80. The van der Waals surface area contributed by atoms with Crippen LogP contribution in [0.1, 0.15) is 39.5 Å². The highest BCUT2D eigenvalue weighted by Gasteiger charge is 2.10. The second-order valence-corrected chi connectivity index (χ2v) is 3.62. The van der Waals surface area contributed by atoms with E-state index in [1.165, 1.54) is 0 Å². The highest BCUT2D eigenvalue weighted by Crippen LogP contribution is 1.99. The van der Waals surface area contributed by atoms with Gasteiger partial charge in [-0.2, -0.15) is 0 Å². The molecule has 3 nitrogen and oxygen atoms in total. The number of hydrogen-bond donors (Lipinski definition) is 2. The van der Waals surface area contributed by atoms with Gasteiger partial charge in [-0.1, -0.05) is 26.1 Å². The van der Waals surface area contributed by atoms with E-state index in [1.54, 1.807) is 0 Å². The van der Waals surface area contributed by atoms with Gasteiger partial charge in [0.15, 0.2) is 0 Å². The van der Waals surface area contributed by atoms with Crippen LogP contribution in [0.15, 0.2) is 0 Å². The van der Waals surface area contributed by atoms with Crippen LogP contribution in [0.5, 0.6) is 0 Å². The van der Waals surface area contributed by atoms with Crippen molar-refractivity contribution in [3.8, 4) is 0 Å². The second kappa shape index (κ2) is 6.83. The molecule has 0 aromatic carbocycles. The Balaban J connectivity index is 3.83. The molecule has 4 heteroatoms. The number of amides is 1. The van der Waals surface area contributed by atoms with Crippen LogP contribution in [0, 0.1) is 0 Å². The van der Waals surface area contributed by atoms with Crippen molar-refractivity contribution >= 4 is 23.1 Å². The van der Waals surface area contributed by atoms with Crippen molar-refractivity contribution in [2.24, 2.45) is 5.73 Å². The third kappa shape index (κ3) is 6.51. The number of nitrogens with two attached hydrogens (primary N) is 1. The predicted octanol–water partition coefficient (Wildman–Crippen LogP) is 1.36. The van der Waals surface area contributed by atoms with Gasteiger partial charge >= 0.3 is 0 Å². The zero-order valence-corrected chi connectivity index (χ0v) is 9.12. The molecule has 0 radical (unpaired) electrons. The first kappa shape index (κ1) is 12.4. The van der Waals surface area contributed by atoms with Gasteiger partial charge in [0, 0.05) is 18.9 Å². The molecule has 1 unspecified atom stereocenters. The molecule has 0 saturated carbocycles. The van der Waals surface area contributed by atoms with Gasteiger partial charge in [-0.25, -0.2) is 0 Å². The molecule has 0 spiro atoms. The topological polar surface area (TPSA) is 55.1 Å². The monoisotopic (exact) mass is 202 g/mol. The minimum absolute atomic E-state index is 0.0885. The molecule has 3 N–H and O–H groups in total. The van der Waals surface area contributed by atoms with Crippen molar-refractivity contribution in [3.05, 3.63) is 0 Å². The van der Waals surface area contributed by atoms with Gasteiger partial charge < -0.3 is 11.1 Å². The van der Waals surface area contributed by atoms with Crippen LogP contribution in [0.2, 0.25) is 0 Å². The minimum atomic E-state index is 0.0885. The number of rotatable bonds is 6. The molecule has 0 aliphatic carbocycles. The second-order valence-electron chi connectivity index (χ2n) is 3.09. The normalized spacial score (nSPS) is 12.2. The van der Waals surface area contributed by atoms with E-state index in [9.17, 15) is 4.79 Å². The summed E-state index contributed by atoms with van der Waals surface area (Å²) in [6, 6.07) is 0.108. The molecule has 0 aromatic rings. The molecule has 0 fully saturated rings. The largest absolute Gasteiger partial charge is 0.393 e.